The number of carbonyl (C=O) groups is 2. The van der Waals surface area contributed by atoms with Crippen molar-refractivity contribution in [3.63, 3.8) is 0 Å². The van der Waals surface area contributed by atoms with Crippen molar-refractivity contribution in [2.45, 2.75) is 54.4 Å². The van der Waals surface area contributed by atoms with Gasteiger partial charge in [0.25, 0.3) is 0 Å². The van der Waals surface area contributed by atoms with Crippen molar-refractivity contribution >= 4 is 11.9 Å². The van der Waals surface area contributed by atoms with Gasteiger partial charge in [0.1, 0.15) is 0 Å². The van der Waals surface area contributed by atoms with Crippen molar-refractivity contribution in [1.82, 2.24) is 0 Å². The van der Waals surface area contributed by atoms with Crippen LogP contribution in [0, 0.1) is 27.7 Å². The maximum Gasteiger partial charge on any atom is 0.303 e. The standard InChI is InChI=1S/C10H14.2C3H6O2/c1-7-5-6-8(2)10(4)9(7)3;2*1-2-3(4)5/h5-6H,1-4H3;2*2H2,1H3,(H,4,5). The minimum absolute atomic E-state index is 0.222. The predicted octanol–water partition coefficient (Wildman–Crippen LogP) is 3.88. The van der Waals surface area contributed by atoms with Crippen LogP contribution in [0.3, 0.4) is 0 Å². The molecule has 0 spiro atoms. The first kappa shape index (κ1) is 20.5. The van der Waals surface area contributed by atoms with Crippen LogP contribution in [0.15, 0.2) is 12.1 Å². The number of carboxylic acids is 2. The van der Waals surface area contributed by atoms with Crippen molar-refractivity contribution in [2.75, 3.05) is 0 Å². The third kappa shape index (κ3) is 10.1. The van der Waals surface area contributed by atoms with Gasteiger partial charge in [0.05, 0.1) is 0 Å². The normalized spacial score (nSPS) is 8.70. The van der Waals surface area contributed by atoms with Gasteiger partial charge >= 0.3 is 11.9 Å². The van der Waals surface area contributed by atoms with Gasteiger partial charge in [-0.3, -0.25) is 9.59 Å². The maximum absolute atomic E-state index is 9.37. The highest BCUT2D eigenvalue weighted by Gasteiger charge is 1.97. The molecule has 1 rings (SSSR count). The largest absolute Gasteiger partial charge is 0.481 e. The van der Waals surface area contributed by atoms with Crippen molar-refractivity contribution < 1.29 is 19.8 Å². The van der Waals surface area contributed by atoms with Crippen molar-refractivity contribution in [3.05, 3.63) is 34.4 Å². The number of aryl methyl sites for hydroxylation is 2. The van der Waals surface area contributed by atoms with Crippen LogP contribution in [0.25, 0.3) is 0 Å². The zero-order valence-corrected chi connectivity index (χ0v) is 13.3. The van der Waals surface area contributed by atoms with E-state index in [4.69, 9.17) is 10.2 Å². The highest BCUT2D eigenvalue weighted by molar-refractivity contribution is 5.66. The summed E-state index contributed by atoms with van der Waals surface area (Å²) in [6.07, 6.45) is 0.444. The molecule has 0 heterocycles. The molecule has 20 heavy (non-hydrogen) atoms. The zero-order valence-electron chi connectivity index (χ0n) is 13.3. The SMILES string of the molecule is CCC(=O)O.CCC(=O)O.Cc1ccc(C)c(C)c1C. The van der Waals surface area contributed by atoms with Gasteiger partial charge in [-0.15, -0.1) is 0 Å². The molecule has 4 nitrogen and oxygen atoms in total. The van der Waals surface area contributed by atoms with E-state index in [-0.39, 0.29) is 12.8 Å². The highest BCUT2D eigenvalue weighted by atomic mass is 16.4. The fourth-order valence-electron chi connectivity index (χ4n) is 1.09. The molecule has 0 amide bonds. The molecule has 0 atom stereocenters. The molecule has 0 fully saturated rings. The van der Waals surface area contributed by atoms with Crippen LogP contribution in [0.5, 0.6) is 0 Å². The second kappa shape index (κ2) is 11.0. The molecule has 1 aromatic carbocycles. The monoisotopic (exact) mass is 282 g/mol. The van der Waals surface area contributed by atoms with Gasteiger partial charge in [-0.05, 0) is 49.9 Å². The molecule has 2 N–H and O–H groups in total. The molecule has 0 unspecified atom stereocenters. The second-order valence-electron chi connectivity index (χ2n) is 4.44. The third-order valence-corrected chi connectivity index (χ3v) is 2.93. The average molecular weight is 282 g/mol. The molecule has 0 bridgehead atoms. The van der Waals surface area contributed by atoms with Crippen LogP contribution in [0.1, 0.15) is 48.9 Å². The average Bonchev–Trinajstić information content (AvgIpc) is 2.42. The van der Waals surface area contributed by atoms with E-state index < -0.39 is 11.9 Å². The van der Waals surface area contributed by atoms with Crippen LogP contribution in [-0.2, 0) is 9.59 Å². The number of hydrogen-bond acceptors (Lipinski definition) is 2. The number of carboxylic acid groups (broad SMARTS) is 2. The summed E-state index contributed by atoms with van der Waals surface area (Å²) in [6.45, 7) is 11.9. The smallest absolute Gasteiger partial charge is 0.303 e. The van der Waals surface area contributed by atoms with Gasteiger partial charge < -0.3 is 10.2 Å². The number of benzene rings is 1. The Labute approximate surface area is 121 Å². The number of aliphatic carboxylic acids is 2. The lowest BCUT2D eigenvalue weighted by molar-refractivity contribution is -0.137. The van der Waals surface area contributed by atoms with Gasteiger partial charge in [-0.2, -0.15) is 0 Å². The summed E-state index contributed by atoms with van der Waals surface area (Å²) in [5.41, 5.74) is 5.64. The van der Waals surface area contributed by atoms with Crippen LogP contribution >= 0.6 is 0 Å². The zero-order chi connectivity index (χ0) is 16.3. The Morgan fingerprint density at radius 3 is 1.15 bits per heavy atom. The fourth-order valence-corrected chi connectivity index (χ4v) is 1.09. The molecule has 0 saturated heterocycles. The van der Waals surface area contributed by atoms with Gasteiger partial charge in [-0.25, -0.2) is 0 Å². The van der Waals surface area contributed by atoms with E-state index in [0.29, 0.717) is 0 Å². The van der Waals surface area contributed by atoms with E-state index in [9.17, 15) is 9.59 Å². The van der Waals surface area contributed by atoms with E-state index in [0.717, 1.165) is 0 Å². The van der Waals surface area contributed by atoms with Crippen molar-refractivity contribution in [1.29, 1.82) is 0 Å². The molecular formula is C16H26O4. The molecule has 1 aromatic rings. The predicted molar refractivity (Wildman–Crippen MR) is 81.2 cm³/mol. The lowest BCUT2D eigenvalue weighted by Crippen LogP contribution is -1.88. The first-order valence-corrected chi connectivity index (χ1v) is 6.64. The molecule has 4 heteroatoms. The molecule has 0 aromatic heterocycles. The summed E-state index contributed by atoms with van der Waals surface area (Å²) in [5, 5.41) is 15.4. The van der Waals surface area contributed by atoms with E-state index in [1.54, 1.807) is 13.8 Å². The number of hydrogen-bond donors (Lipinski definition) is 2. The van der Waals surface area contributed by atoms with E-state index in [1.165, 1.54) is 22.3 Å². The first-order valence-electron chi connectivity index (χ1n) is 6.64. The minimum Gasteiger partial charge on any atom is -0.481 e. The lowest BCUT2D eigenvalue weighted by atomic mass is 10.0. The Bertz CT molecular complexity index is 395. The lowest BCUT2D eigenvalue weighted by Gasteiger charge is -2.06. The summed E-state index contributed by atoms with van der Waals surface area (Å²) in [6, 6.07) is 4.36. The molecular weight excluding hydrogens is 256 g/mol. The van der Waals surface area contributed by atoms with E-state index in [1.807, 2.05) is 0 Å². The van der Waals surface area contributed by atoms with Gasteiger partial charge in [0.2, 0.25) is 0 Å². The second-order valence-corrected chi connectivity index (χ2v) is 4.44. The van der Waals surface area contributed by atoms with Crippen molar-refractivity contribution in [2.24, 2.45) is 0 Å². The topological polar surface area (TPSA) is 74.6 Å². The van der Waals surface area contributed by atoms with Crippen LogP contribution in [0.4, 0.5) is 0 Å². The molecule has 0 aliphatic carbocycles. The van der Waals surface area contributed by atoms with Gasteiger partial charge in [-0.1, -0.05) is 26.0 Å². The van der Waals surface area contributed by atoms with Crippen LogP contribution in [-0.4, -0.2) is 22.2 Å². The maximum atomic E-state index is 9.37. The van der Waals surface area contributed by atoms with E-state index >= 15 is 0 Å². The molecule has 0 aliphatic rings. The minimum atomic E-state index is -0.745. The molecule has 0 aliphatic heterocycles. The van der Waals surface area contributed by atoms with Crippen LogP contribution in [0.2, 0.25) is 0 Å². The summed E-state index contributed by atoms with van der Waals surface area (Å²) in [5.74, 6) is -1.49. The summed E-state index contributed by atoms with van der Waals surface area (Å²) >= 11 is 0. The molecule has 0 radical (unpaired) electrons. The van der Waals surface area contributed by atoms with Gasteiger partial charge in [0, 0.05) is 12.8 Å². The number of rotatable bonds is 2. The Kier molecular flexibility index (Phi) is 11.3. The Balaban J connectivity index is 0. The first-order chi connectivity index (χ1) is 9.17. The highest BCUT2D eigenvalue weighted by Crippen LogP contribution is 2.15. The third-order valence-electron chi connectivity index (χ3n) is 2.93. The van der Waals surface area contributed by atoms with Gasteiger partial charge in [0.15, 0.2) is 0 Å². The Morgan fingerprint density at radius 2 is 1.00 bits per heavy atom. The Morgan fingerprint density at radius 1 is 0.800 bits per heavy atom. The van der Waals surface area contributed by atoms with Crippen molar-refractivity contribution in [3.8, 4) is 0 Å². The quantitative estimate of drug-likeness (QED) is 0.863. The summed E-state index contributed by atoms with van der Waals surface area (Å²) < 4.78 is 0. The fraction of sp³-hybridized carbons (Fsp3) is 0.500. The molecule has 114 valence electrons. The molecule has 0 saturated carbocycles. The van der Waals surface area contributed by atoms with Crippen LogP contribution < -0.4 is 0 Å². The van der Waals surface area contributed by atoms with E-state index in [2.05, 4.69) is 39.8 Å². The summed E-state index contributed by atoms with van der Waals surface area (Å²) in [7, 11) is 0. The summed E-state index contributed by atoms with van der Waals surface area (Å²) in [4.78, 5) is 18.7. The Hall–Kier alpha value is -1.84.